The van der Waals surface area contributed by atoms with Crippen LogP contribution in [0.3, 0.4) is 0 Å². The van der Waals surface area contributed by atoms with E-state index in [1.165, 1.54) is 25.7 Å². The molecule has 1 atom stereocenters. The van der Waals surface area contributed by atoms with E-state index < -0.39 is 0 Å². The summed E-state index contributed by atoms with van der Waals surface area (Å²) in [6, 6.07) is 0. The van der Waals surface area contributed by atoms with Crippen molar-refractivity contribution < 1.29 is 4.74 Å². The Bertz CT molecular complexity index is 701. The average Bonchev–Trinajstić information content (AvgIpc) is 3.06. The Kier molecular flexibility index (Phi) is 3.92. The molecule has 0 spiro atoms. The van der Waals surface area contributed by atoms with Crippen molar-refractivity contribution in [1.82, 2.24) is 20.0 Å². The van der Waals surface area contributed by atoms with Crippen LogP contribution in [0.15, 0.2) is 11.6 Å². The van der Waals surface area contributed by atoms with Crippen LogP contribution in [-0.4, -0.2) is 32.7 Å². The molecule has 6 heteroatoms. The SMILES string of the molecule is C(#CC1CC1)c1csc(-c2cn(C[C@H]3CCCCO3)nn2)n1. The monoisotopic (exact) mass is 314 g/mol. The van der Waals surface area contributed by atoms with E-state index >= 15 is 0 Å². The molecule has 0 radical (unpaired) electrons. The first kappa shape index (κ1) is 13.9. The Hall–Kier alpha value is -1.71. The van der Waals surface area contributed by atoms with E-state index in [-0.39, 0.29) is 6.10 Å². The molecular formula is C16H18N4OS. The Morgan fingerprint density at radius 1 is 1.32 bits per heavy atom. The van der Waals surface area contributed by atoms with Crippen LogP contribution >= 0.6 is 11.3 Å². The van der Waals surface area contributed by atoms with Crippen LogP contribution in [0, 0.1) is 17.8 Å². The highest BCUT2D eigenvalue weighted by Crippen LogP contribution is 2.28. The molecule has 22 heavy (non-hydrogen) atoms. The molecule has 1 saturated carbocycles. The maximum Gasteiger partial charge on any atom is 0.146 e. The Morgan fingerprint density at radius 3 is 3.09 bits per heavy atom. The van der Waals surface area contributed by atoms with Crippen molar-refractivity contribution in [2.24, 2.45) is 5.92 Å². The number of rotatable bonds is 3. The maximum atomic E-state index is 5.74. The Morgan fingerprint density at radius 2 is 2.27 bits per heavy atom. The molecule has 2 fully saturated rings. The van der Waals surface area contributed by atoms with Gasteiger partial charge in [0.05, 0.1) is 18.8 Å². The minimum atomic E-state index is 0.263. The fourth-order valence-electron chi connectivity index (χ4n) is 2.50. The second kappa shape index (κ2) is 6.19. The topological polar surface area (TPSA) is 52.8 Å². The quantitative estimate of drug-likeness (QED) is 0.818. The minimum absolute atomic E-state index is 0.263. The highest BCUT2D eigenvalue weighted by Gasteiger charge is 2.18. The third-order valence-electron chi connectivity index (χ3n) is 3.91. The van der Waals surface area contributed by atoms with Gasteiger partial charge >= 0.3 is 0 Å². The molecule has 2 aromatic heterocycles. The largest absolute Gasteiger partial charge is 0.376 e. The highest BCUT2D eigenvalue weighted by molar-refractivity contribution is 7.13. The van der Waals surface area contributed by atoms with Crippen molar-refractivity contribution >= 4 is 11.3 Å². The van der Waals surface area contributed by atoms with Gasteiger partial charge in [0.1, 0.15) is 16.4 Å². The molecule has 0 aromatic carbocycles. The van der Waals surface area contributed by atoms with Gasteiger partial charge in [-0.1, -0.05) is 11.1 Å². The van der Waals surface area contributed by atoms with Gasteiger partial charge in [-0.05, 0) is 38.0 Å². The summed E-state index contributed by atoms with van der Waals surface area (Å²) < 4.78 is 7.60. The first-order valence-corrected chi connectivity index (χ1v) is 8.74. The first-order valence-electron chi connectivity index (χ1n) is 7.86. The summed E-state index contributed by atoms with van der Waals surface area (Å²) in [7, 11) is 0. The zero-order chi connectivity index (χ0) is 14.8. The van der Waals surface area contributed by atoms with Crippen molar-refractivity contribution in [2.45, 2.75) is 44.8 Å². The van der Waals surface area contributed by atoms with Crippen LogP contribution in [-0.2, 0) is 11.3 Å². The molecular weight excluding hydrogens is 296 g/mol. The van der Waals surface area contributed by atoms with Gasteiger partial charge in [-0.2, -0.15) is 0 Å². The van der Waals surface area contributed by atoms with Crippen LogP contribution in [0.25, 0.3) is 10.7 Å². The summed E-state index contributed by atoms with van der Waals surface area (Å²) in [4.78, 5) is 4.54. The predicted molar refractivity (Wildman–Crippen MR) is 84.3 cm³/mol. The Labute approximate surface area is 133 Å². The van der Waals surface area contributed by atoms with Gasteiger partial charge in [-0.15, -0.1) is 16.4 Å². The van der Waals surface area contributed by atoms with Gasteiger partial charge in [0.15, 0.2) is 0 Å². The molecule has 1 saturated heterocycles. The smallest absolute Gasteiger partial charge is 0.146 e. The van der Waals surface area contributed by atoms with Crippen LogP contribution in [0.1, 0.15) is 37.8 Å². The van der Waals surface area contributed by atoms with Crippen molar-refractivity contribution in [3.63, 3.8) is 0 Å². The summed E-state index contributed by atoms with van der Waals surface area (Å²) in [5.41, 5.74) is 1.66. The van der Waals surface area contributed by atoms with E-state index in [1.54, 1.807) is 11.3 Å². The molecule has 1 aliphatic heterocycles. The molecule has 114 valence electrons. The van der Waals surface area contributed by atoms with Gasteiger partial charge < -0.3 is 4.74 Å². The summed E-state index contributed by atoms with van der Waals surface area (Å²) in [6.45, 7) is 1.63. The number of hydrogen-bond donors (Lipinski definition) is 0. The predicted octanol–water partition coefficient (Wildman–Crippen LogP) is 2.73. The molecule has 2 aliphatic rings. The van der Waals surface area contributed by atoms with E-state index in [0.29, 0.717) is 5.92 Å². The lowest BCUT2D eigenvalue weighted by Gasteiger charge is -2.21. The highest BCUT2D eigenvalue weighted by atomic mass is 32.1. The number of thiazole rings is 1. The molecule has 5 nitrogen and oxygen atoms in total. The van der Waals surface area contributed by atoms with Gasteiger partial charge in [-0.25, -0.2) is 9.67 Å². The van der Waals surface area contributed by atoms with Crippen molar-refractivity contribution in [1.29, 1.82) is 0 Å². The fraction of sp³-hybridized carbons (Fsp3) is 0.562. The standard InChI is InChI=1S/C16H18N4OS/c1-2-8-21-14(3-1)9-20-10-15(18-19-20)16-17-13(11-22-16)7-6-12-4-5-12/h10-12,14H,1-5,8-9H2/t14-/m1/s1. The summed E-state index contributed by atoms with van der Waals surface area (Å²) >= 11 is 1.57. The fourth-order valence-corrected chi connectivity index (χ4v) is 3.20. The number of hydrogen-bond acceptors (Lipinski definition) is 5. The van der Waals surface area contributed by atoms with Crippen LogP contribution < -0.4 is 0 Å². The first-order chi connectivity index (χ1) is 10.9. The second-order valence-corrected chi connectivity index (χ2v) is 6.75. The summed E-state index contributed by atoms with van der Waals surface area (Å²) in [6.07, 6.45) is 8.20. The van der Waals surface area contributed by atoms with Crippen LogP contribution in [0.5, 0.6) is 0 Å². The third-order valence-corrected chi connectivity index (χ3v) is 4.77. The number of aromatic nitrogens is 4. The van der Waals surface area contributed by atoms with Gasteiger partial charge in [0.2, 0.25) is 0 Å². The molecule has 0 unspecified atom stereocenters. The molecule has 0 bridgehead atoms. The molecule has 0 N–H and O–H groups in total. The zero-order valence-electron chi connectivity index (χ0n) is 12.4. The molecule has 0 amide bonds. The molecule has 4 rings (SSSR count). The van der Waals surface area contributed by atoms with E-state index in [0.717, 1.165) is 36.0 Å². The second-order valence-electron chi connectivity index (χ2n) is 5.90. The average molecular weight is 314 g/mol. The van der Waals surface area contributed by atoms with Gasteiger partial charge in [0.25, 0.3) is 0 Å². The minimum Gasteiger partial charge on any atom is -0.376 e. The lowest BCUT2D eigenvalue weighted by Crippen LogP contribution is -2.24. The van der Waals surface area contributed by atoms with E-state index in [9.17, 15) is 0 Å². The molecule has 1 aliphatic carbocycles. The summed E-state index contributed by atoms with van der Waals surface area (Å²) in [5.74, 6) is 6.98. The van der Waals surface area contributed by atoms with E-state index in [1.807, 2.05) is 16.3 Å². The molecule has 2 aromatic rings. The molecule has 3 heterocycles. The van der Waals surface area contributed by atoms with Crippen molar-refractivity contribution in [2.75, 3.05) is 6.61 Å². The van der Waals surface area contributed by atoms with E-state index in [4.69, 9.17) is 4.74 Å². The Balaban J connectivity index is 1.43. The third kappa shape index (κ3) is 3.37. The van der Waals surface area contributed by atoms with Crippen molar-refractivity contribution in [3.05, 3.63) is 17.3 Å². The maximum absolute atomic E-state index is 5.74. The lowest BCUT2D eigenvalue weighted by atomic mass is 10.1. The van der Waals surface area contributed by atoms with Crippen molar-refractivity contribution in [3.8, 4) is 22.5 Å². The van der Waals surface area contributed by atoms with Gasteiger partial charge in [0, 0.05) is 17.9 Å². The normalized spacial score (nSPS) is 21.4. The van der Waals surface area contributed by atoms with Crippen LogP contribution in [0.4, 0.5) is 0 Å². The lowest BCUT2D eigenvalue weighted by molar-refractivity contribution is 0.00370. The number of nitrogens with zero attached hydrogens (tertiary/aromatic N) is 4. The number of ether oxygens (including phenoxy) is 1. The van der Waals surface area contributed by atoms with Crippen LogP contribution in [0.2, 0.25) is 0 Å². The van der Waals surface area contributed by atoms with Gasteiger partial charge in [-0.3, -0.25) is 0 Å². The van der Waals surface area contributed by atoms with E-state index in [2.05, 4.69) is 27.1 Å². The summed E-state index contributed by atoms with van der Waals surface area (Å²) in [5, 5.41) is 11.3. The zero-order valence-corrected chi connectivity index (χ0v) is 13.2.